The van der Waals surface area contributed by atoms with Gasteiger partial charge >= 0.3 is 6.18 Å². The molecule has 3 rings (SSSR count). The number of methoxy groups -OCH3 is 1. The minimum Gasteiger partial charge on any atom is -0.478 e. The summed E-state index contributed by atoms with van der Waals surface area (Å²) in [7, 11) is 1.22. The number of anilines is 2. The number of halogens is 5. The van der Waals surface area contributed by atoms with Crippen LogP contribution in [0.15, 0.2) is 18.2 Å². The van der Waals surface area contributed by atoms with E-state index in [0.29, 0.717) is 6.07 Å². The summed E-state index contributed by atoms with van der Waals surface area (Å²) in [4.78, 5) is 12.9. The predicted molar refractivity (Wildman–Crippen MR) is 72.9 cm³/mol. The molecule has 24 heavy (non-hydrogen) atoms. The van der Waals surface area contributed by atoms with Crippen LogP contribution in [0.5, 0.6) is 5.88 Å². The SMILES string of the molecule is COc1nc2[nH]c(C(F)(F)F)nc2nc1Nc1cc(F)cc(F)c1. The van der Waals surface area contributed by atoms with E-state index in [9.17, 15) is 22.0 Å². The zero-order chi connectivity index (χ0) is 17.5. The molecular formula is C13H8F5N5O. The molecule has 0 aliphatic heterocycles. The normalized spacial score (nSPS) is 11.8. The number of aromatic amines is 1. The van der Waals surface area contributed by atoms with Crippen LogP contribution in [0.3, 0.4) is 0 Å². The molecule has 2 heterocycles. The summed E-state index contributed by atoms with van der Waals surface area (Å²) >= 11 is 0. The molecular weight excluding hydrogens is 337 g/mol. The maximum absolute atomic E-state index is 13.2. The first kappa shape index (κ1) is 15.9. The fourth-order valence-electron chi connectivity index (χ4n) is 1.94. The minimum absolute atomic E-state index is 0.0222. The third-order valence-electron chi connectivity index (χ3n) is 2.89. The van der Waals surface area contributed by atoms with Crippen LogP contribution < -0.4 is 10.1 Å². The molecule has 0 radical (unpaired) electrons. The molecule has 0 unspecified atom stereocenters. The van der Waals surface area contributed by atoms with Gasteiger partial charge in [-0.3, -0.25) is 0 Å². The average molecular weight is 345 g/mol. The van der Waals surface area contributed by atoms with Gasteiger partial charge in [-0.25, -0.2) is 18.7 Å². The van der Waals surface area contributed by atoms with Gasteiger partial charge in [-0.15, -0.1) is 0 Å². The Morgan fingerprint density at radius 1 is 1.04 bits per heavy atom. The Kier molecular flexibility index (Phi) is 3.70. The van der Waals surface area contributed by atoms with Crippen LogP contribution in [0.1, 0.15) is 5.82 Å². The summed E-state index contributed by atoms with van der Waals surface area (Å²) in [5.74, 6) is -3.28. The van der Waals surface area contributed by atoms with Gasteiger partial charge in [-0.05, 0) is 12.1 Å². The molecule has 0 saturated heterocycles. The van der Waals surface area contributed by atoms with Crippen molar-refractivity contribution >= 4 is 22.8 Å². The molecule has 0 saturated carbocycles. The Hall–Kier alpha value is -2.98. The molecule has 2 aromatic heterocycles. The van der Waals surface area contributed by atoms with E-state index < -0.39 is 23.6 Å². The lowest BCUT2D eigenvalue weighted by molar-refractivity contribution is -0.144. The number of fused-ring (bicyclic) bond motifs is 1. The average Bonchev–Trinajstić information content (AvgIpc) is 2.88. The number of imidazole rings is 1. The second kappa shape index (κ2) is 5.58. The van der Waals surface area contributed by atoms with Crippen molar-refractivity contribution in [2.45, 2.75) is 6.18 Å². The number of aromatic nitrogens is 4. The van der Waals surface area contributed by atoms with Crippen molar-refractivity contribution in [3.8, 4) is 5.88 Å². The summed E-state index contributed by atoms with van der Waals surface area (Å²) in [5.41, 5.74) is -0.594. The van der Waals surface area contributed by atoms with Crippen LogP contribution in [0, 0.1) is 11.6 Å². The van der Waals surface area contributed by atoms with Crippen molar-refractivity contribution in [1.29, 1.82) is 0 Å². The molecule has 1 aromatic carbocycles. The molecule has 0 bridgehead atoms. The van der Waals surface area contributed by atoms with Crippen LogP contribution in [-0.2, 0) is 6.18 Å². The smallest absolute Gasteiger partial charge is 0.449 e. The van der Waals surface area contributed by atoms with E-state index in [-0.39, 0.29) is 28.7 Å². The van der Waals surface area contributed by atoms with Crippen molar-refractivity contribution in [1.82, 2.24) is 19.9 Å². The third kappa shape index (κ3) is 3.05. The standard InChI is InChI=1S/C13H8F5N5O/c1-24-11-10(19-7-3-5(14)2-6(15)4-7)20-8-9(21-11)23-12(22-8)13(16,17)18/h2-4H,1H3,(H2,19,20,21,22,23). The summed E-state index contributed by atoms with van der Waals surface area (Å²) < 4.78 is 69.3. The highest BCUT2D eigenvalue weighted by molar-refractivity contribution is 5.72. The maximum atomic E-state index is 13.2. The van der Waals surface area contributed by atoms with E-state index in [2.05, 4.69) is 20.3 Å². The Balaban J connectivity index is 2.06. The molecule has 0 fully saturated rings. The highest BCUT2D eigenvalue weighted by Crippen LogP contribution is 2.30. The third-order valence-corrected chi connectivity index (χ3v) is 2.89. The highest BCUT2D eigenvalue weighted by atomic mass is 19.4. The van der Waals surface area contributed by atoms with Crippen molar-refractivity contribution in [3.63, 3.8) is 0 Å². The Bertz CT molecular complexity index is 887. The van der Waals surface area contributed by atoms with Gasteiger partial charge in [0.15, 0.2) is 17.1 Å². The molecule has 126 valence electrons. The highest BCUT2D eigenvalue weighted by Gasteiger charge is 2.35. The Morgan fingerprint density at radius 3 is 2.29 bits per heavy atom. The number of nitrogens with zero attached hydrogens (tertiary/aromatic N) is 3. The van der Waals surface area contributed by atoms with Crippen molar-refractivity contribution in [3.05, 3.63) is 35.7 Å². The maximum Gasteiger partial charge on any atom is 0.449 e. The fraction of sp³-hybridized carbons (Fsp3) is 0.154. The monoisotopic (exact) mass is 345 g/mol. The number of benzene rings is 1. The number of nitrogens with one attached hydrogen (secondary N) is 2. The lowest BCUT2D eigenvalue weighted by Gasteiger charge is -2.09. The van der Waals surface area contributed by atoms with Gasteiger partial charge in [0.25, 0.3) is 5.88 Å². The number of hydrogen-bond acceptors (Lipinski definition) is 5. The van der Waals surface area contributed by atoms with Crippen LogP contribution in [-0.4, -0.2) is 27.0 Å². The van der Waals surface area contributed by atoms with E-state index in [1.807, 2.05) is 4.98 Å². The topological polar surface area (TPSA) is 75.7 Å². The van der Waals surface area contributed by atoms with Gasteiger partial charge in [0.2, 0.25) is 5.82 Å². The zero-order valence-corrected chi connectivity index (χ0v) is 11.9. The second-order valence-corrected chi connectivity index (χ2v) is 4.62. The molecule has 11 heteroatoms. The van der Waals surface area contributed by atoms with Crippen molar-refractivity contribution in [2.75, 3.05) is 12.4 Å². The molecule has 0 spiro atoms. The van der Waals surface area contributed by atoms with Gasteiger partial charge in [0.05, 0.1) is 7.11 Å². The quantitative estimate of drug-likeness (QED) is 0.712. The lowest BCUT2D eigenvalue weighted by atomic mass is 10.3. The van der Waals surface area contributed by atoms with Crippen LogP contribution in [0.4, 0.5) is 33.5 Å². The number of rotatable bonds is 3. The first-order chi connectivity index (χ1) is 11.3. The molecule has 3 aromatic rings. The Labute approximate surface area is 130 Å². The van der Waals surface area contributed by atoms with Gasteiger partial charge in [0, 0.05) is 11.8 Å². The molecule has 2 N–H and O–H groups in total. The van der Waals surface area contributed by atoms with Gasteiger partial charge in [-0.1, -0.05) is 0 Å². The van der Waals surface area contributed by atoms with Gasteiger partial charge < -0.3 is 15.0 Å². The number of alkyl halides is 3. The summed E-state index contributed by atoms with van der Waals surface area (Å²) in [6.45, 7) is 0. The summed E-state index contributed by atoms with van der Waals surface area (Å²) in [6, 6.07) is 2.61. The first-order valence-electron chi connectivity index (χ1n) is 6.38. The zero-order valence-electron chi connectivity index (χ0n) is 11.9. The summed E-state index contributed by atoms with van der Waals surface area (Å²) in [5, 5.41) is 2.53. The van der Waals surface area contributed by atoms with E-state index in [0.717, 1.165) is 12.1 Å². The van der Waals surface area contributed by atoms with Crippen molar-refractivity contribution < 1.29 is 26.7 Å². The minimum atomic E-state index is -4.70. The van der Waals surface area contributed by atoms with E-state index in [1.165, 1.54) is 7.11 Å². The molecule has 0 atom stereocenters. The first-order valence-corrected chi connectivity index (χ1v) is 6.38. The number of hydrogen-bond donors (Lipinski definition) is 2. The van der Waals surface area contributed by atoms with Crippen molar-refractivity contribution in [2.24, 2.45) is 0 Å². The number of ether oxygens (including phenoxy) is 1. The van der Waals surface area contributed by atoms with Gasteiger partial charge in [0.1, 0.15) is 11.6 Å². The van der Waals surface area contributed by atoms with E-state index >= 15 is 0 Å². The fourth-order valence-corrected chi connectivity index (χ4v) is 1.94. The molecule has 6 nitrogen and oxygen atoms in total. The summed E-state index contributed by atoms with van der Waals surface area (Å²) in [6.07, 6.45) is -4.70. The largest absolute Gasteiger partial charge is 0.478 e. The lowest BCUT2D eigenvalue weighted by Crippen LogP contribution is -2.06. The van der Waals surface area contributed by atoms with Crippen LogP contribution >= 0.6 is 0 Å². The van der Waals surface area contributed by atoms with Gasteiger partial charge in [-0.2, -0.15) is 18.2 Å². The van der Waals surface area contributed by atoms with E-state index in [4.69, 9.17) is 4.74 Å². The molecule has 0 aliphatic rings. The number of H-pyrrole nitrogens is 1. The predicted octanol–water partition coefficient (Wildman–Crippen LogP) is 3.40. The second-order valence-electron chi connectivity index (χ2n) is 4.62. The molecule has 0 amide bonds. The molecule has 0 aliphatic carbocycles. The van der Waals surface area contributed by atoms with E-state index in [1.54, 1.807) is 0 Å². The van der Waals surface area contributed by atoms with Crippen LogP contribution in [0.25, 0.3) is 11.3 Å². The Morgan fingerprint density at radius 2 is 1.71 bits per heavy atom. The van der Waals surface area contributed by atoms with Crippen LogP contribution in [0.2, 0.25) is 0 Å².